The first-order chi connectivity index (χ1) is 12.6. The third-order valence-electron chi connectivity index (χ3n) is 4.92. The molecule has 26 heavy (non-hydrogen) atoms. The van der Waals surface area contributed by atoms with Crippen LogP contribution in [0.15, 0.2) is 57.7 Å². The fourth-order valence-electron chi connectivity index (χ4n) is 3.48. The van der Waals surface area contributed by atoms with Crippen molar-refractivity contribution in [2.24, 2.45) is 5.73 Å². The molecule has 132 valence electrons. The fraction of sp³-hybridized carbons (Fsp3) is 0.238. The van der Waals surface area contributed by atoms with Gasteiger partial charge in [-0.15, -0.1) is 0 Å². The first kappa shape index (κ1) is 16.5. The molecule has 1 aliphatic heterocycles. The number of carbonyl (C=O) groups is 1. The number of likely N-dealkylation sites (tertiary alicyclic amines) is 1. The number of amides is 1. The summed E-state index contributed by atoms with van der Waals surface area (Å²) in [5, 5.41) is 0.427. The molecule has 1 saturated heterocycles. The van der Waals surface area contributed by atoms with Crippen LogP contribution in [0.3, 0.4) is 0 Å². The summed E-state index contributed by atoms with van der Waals surface area (Å²) in [6.07, 6.45) is 0.787. The van der Waals surface area contributed by atoms with E-state index in [0.717, 1.165) is 12.0 Å². The maximum atomic E-state index is 13.0. The molecule has 0 saturated carbocycles. The van der Waals surface area contributed by atoms with Gasteiger partial charge in [0.15, 0.2) is 11.0 Å². The lowest BCUT2D eigenvalue weighted by atomic mass is 10.0. The van der Waals surface area contributed by atoms with Crippen LogP contribution in [0.5, 0.6) is 0 Å². The molecule has 1 atom stereocenters. The molecule has 0 bridgehead atoms. The van der Waals surface area contributed by atoms with Gasteiger partial charge in [0, 0.05) is 30.3 Å². The minimum atomic E-state index is -0.144. The van der Waals surface area contributed by atoms with E-state index in [1.807, 2.05) is 30.3 Å². The SMILES string of the molecule is Cc1c(-c2ccccc2)oc2c(C(=O)N3CC[C@H](N)C3)cccc2c1=O. The highest BCUT2D eigenvalue weighted by Gasteiger charge is 2.27. The number of hydrogen-bond acceptors (Lipinski definition) is 4. The minimum absolute atomic E-state index is 0.00283. The first-order valence-corrected chi connectivity index (χ1v) is 8.73. The Morgan fingerprint density at radius 1 is 1.15 bits per heavy atom. The standard InChI is InChI=1S/C21H20N2O3/c1-13-18(24)16-8-5-9-17(21(25)23-11-10-15(22)12-23)20(16)26-19(13)14-6-3-2-4-7-14/h2-9,15H,10-12,22H2,1H3/t15-/m0/s1. The van der Waals surface area contributed by atoms with E-state index in [1.54, 1.807) is 30.0 Å². The summed E-state index contributed by atoms with van der Waals surface area (Å²) in [5.74, 6) is 0.357. The molecule has 5 nitrogen and oxygen atoms in total. The highest BCUT2D eigenvalue weighted by atomic mass is 16.3. The monoisotopic (exact) mass is 348 g/mol. The molecule has 2 aromatic carbocycles. The normalized spacial score (nSPS) is 17.0. The molecule has 1 fully saturated rings. The lowest BCUT2D eigenvalue weighted by Crippen LogP contribution is -2.32. The molecular formula is C21H20N2O3. The number of nitrogens with zero attached hydrogens (tertiary/aromatic N) is 1. The summed E-state index contributed by atoms with van der Waals surface area (Å²) >= 11 is 0. The highest BCUT2D eigenvalue weighted by molar-refractivity contribution is 6.05. The van der Waals surface area contributed by atoms with Crippen molar-refractivity contribution in [3.8, 4) is 11.3 Å². The maximum absolute atomic E-state index is 13.0. The molecule has 2 N–H and O–H groups in total. The van der Waals surface area contributed by atoms with Gasteiger partial charge in [-0.3, -0.25) is 9.59 Å². The predicted octanol–water partition coefficient (Wildman–Crippen LogP) is 2.94. The van der Waals surface area contributed by atoms with Crippen LogP contribution in [0.1, 0.15) is 22.3 Å². The number of para-hydroxylation sites is 1. The molecule has 2 heterocycles. The smallest absolute Gasteiger partial charge is 0.257 e. The molecule has 4 rings (SSSR count). The zero-order chi connectivity index (χ0) is 18.3. The van der Waals surface area contributed by atoms with E-state index < -0.39 is 0 Å². The molecule has 1 aliphatic rings. The summed E-state index contributed by atoms with van der Waals surface area (Å²) in [6, 6.07) is 14.6. The van der Waals surface area contributed by atoms with Gasteiger partial charge in [-0.2, -0.15) is 0 Å². The van der Waals surface area contributed by atoms with Gasteiger partial charge in [0.2, 0.25) is 0 Å². The predicted molar refractivity (Wildman–Crippen MR) is 101 cm³/mol. The van der Waals surface area contributed by atoms with E-state index in [4.69, 9.17) is 10.2 Å². The molecule has 0 unspecified atom stereocenters. The summed E-state index contributed by atoms with van der Waals surface area (Å²) in [7, 11) is 0. The zero-order valence-electron chi connectivity index (χ0n) is 14.6. The van der Waals surface area contributed by atoms with Gasteiger partial charge in [0.05, 0.1) is 10.9 Å². The molecule has 5 heteroatoms. The average molecular weight is 348 g/mol. The van der Waals surface area contributed by atoms with Crippen LogP contribution in [-0.2, 0) is 0 Å². The van der Waals surface area contributed by atoms with E-state index in [-0.39, 0.29) is 17.4 Å². The molecule has 3 aromatic rings. The molecule has 1 aromatic heterocycles. The quantitative estimate of drug-likeness (QED) is 0.772. The van der Waals surface area contributed by atoms with Gasteiger partial charge >= 0.3 is 0 Å². The summed E-state index contributed by atoms with van der Waals surface area (Å²) < 4.78 is 6.12. The Bertz CT molecular complexity index is 1040. The average Bonchev–Trinajstić information content (AvgIpc) is 3.10. The topological polar surface area (TPSA) is 76.5 Å². The van der Waals surface area contributed by atoms with E-state index in [9.17, 15) is 9.59 Å². The Labute approximate surface area is 151 Å². The summed E-state index contributed by atoms with van der Waals surface area (Å²) in [6.45, 7) is 2.90. The number of carbonyl (C=O) groups excluding carboxylic acids is 1. The van der Waals surface area contributed by atoms with Crippen molar-refractivity contribution in [1.29, 1.82) is 0 Å². The fourth-order valence-corrected chi connectivity index (χ4v) is 3.48. The minimum Gasteiger partial charge on any atom is -0.455 e. The van der Waals surface area contributed by atoms with Gasteiger partial charge in [-0.05, 0) is 25.5 Å². The van der Waals surface area contributed by atoms with Crippen LogP contribution in [0.4, 0.5) is 0 Å². The summed E-state index contributed by atoms with van der Waals surface area (Å²) in [4.78, 5) is 27.5. The molecule has 1 amide bonds. The molecular weight excluding hydrogens is 328 g/mol. The van der Waals surface area contributed by atoms with Crippen molar-refractivity contribution in [3.63, 3.8) is 0 Å². The second-order valence-electron chi connectivity index (χ2n) is 6.73. The Balaban J connectivity index is 1.91. The molecule has 0 spiro atoms. The van der Waals surface area contributed by atoms with Crippen molar-refractivity contribution in [2.45, 2.75) is 19.4 Å². The number of benzene rings is 2. The van der Waals surface area contributed by atoms with Gasteiger partial charge in [0.25, 0.3) is 5.91 Å². The Hall–Kier alpha value is -2.92. The van der Waals surface area contributed by atoms with Crippen LogP contribution in [0.25, 0.3) is 22.3 Å². The second kappa shape index (κ2) is 6.42. The van der Waals surface area contributed by atoms with E-state index in [0.29, 0.717) is 40.9 Å². The number of fused-ring (bicyclic) bond motifs is 1. The Morgan fingerprint density at radius 2 is 1.92 bits per heavy atom. The van der Waals surface area contributed by atoms with Crippen molar-refractivity contribution in [2.75, 3.05) is 13.1 Å². The maximum Gasteiger partial charge on any atom is 0.257 e. The lowest BCUT2D eigenvalue weighted by Gasteiger charge is -2.17. The van der Waals surface area contributed by atoms with Crippen LogP contribution in [0.2, 0.25) is 0 Å². The van der Waals surface area contributed by atoms with E-state index >= 15 is 0 Å². The number of rotatable bonds is 2. The van der Waals surface area contributed by atoms with Crippen molar-refractivity contribution >= 4 is 16.9 Å². The molecule has 0 radical (unpaired) electrons. The lowest BCUT2D eigenvalue weighted by molar-refractivity contribution is 0.0791. The highest BCUT2D eigenvalue weighted by Crippen LogP contribution is 2.28. The number of nitrogens with two attached hydrogens (primary N) is 1. The van der Waals surface area contributed by atoms with E-state index in [1.165, 1.54) is 0 Å². The van der Waals surface area contributed by atoms with Crippen molar-refractivity contribution in [1.82, 2.24) is 4.90 Å². The van der Waals surface area contributed by atoms with E-state index in [2.05, 4.69) is 0 Å². The largest absolute Gasteiger partial charge is 0.455 e. The van der Waals surface area contributed by atoms with Gasteiger partial charge in [-0.1, -0.05) is 36.4 Å². The summed E-state index contributed by atoms with van der Waals surface area (Å²) in [5.41, 5.74) is 7.92. The van der Waals surface area contributed by atoms with Crippen molar-refractivity contribution < 1.29 is 9.21 Å². The van der Waals surface area contributed by atoms with Crippen LogP contribution in [0, 0.1) is 6.92 Å². The third kappa shape index (κ3) is 2.70. The van der Waals surface area contributed by atoms with Crippen LogP contribution >= 0.6 is 0 Å². The Morgan fingerprint density at radius 3 is 2.62 bits per heavy atom. The van der Waals surface area contributed by atoms with Gasteiger partial charge < -0.3 is 15.1 Å². The molecule has 0 aliphatic carbocycles. The van der Waals surface area contributed by atoms with Crippen LogP contribution < -0.4 is 11.2 Å². The first-order valence-electron chi connectivity index (χ1n) is 8.73. The van der Waals surface area contributed by atoms with Gasteiger partial charge in [-0.25, -0.2) is 0 Å². The Kier molecular flexibility index (Phi) is 4.09. The number of hydrogen-bond donors (Lipinski definition) is 1. The van der Waals surface area contributed by atoms with Crippen LogP contribution in [-0.4, -0.2) is 29.9 Å². The third-order valence-corrected chi connectivity index (χ3v) is 4.92. The van der Waals surface area contributed by atoms with Gasteiger partial charge in [0.1, 0.15) is 5.76 Å². The zero-order valence-corrected chi connectivity index (χ0v) is 14.6. The van der Waals surface area contributed by atoms with Crippen molar-refractivity contribution in [3.05, 3.63) is 69.9 Å². The second-order valence-corrected chi connectivity index (χ2v) is 6.73.